The summed E-state index contributed by atoms with van der Waals surface area (Å²) in [7, 11) is 0. The van der Waals surface area contributed by atoms with Crippen LogP contribution in [0.4, 0.5) is 0 Å². The molecule has 0 N–H and O–H groups in total. The van der Waals surface area contributed by atoms with Crippen molar-refractivity contribution in [3.63, 3.8) is 0 Å². The minimum atomic E-state index is -0.569. The number of rotatable bonds is 24. The van der Waals surface area contributed by atoms with E-state index in [0.717, 1.165) is 149 Å². The molecule has 0 saturated heterocycles. The Labute approximate surface area is 291 Å². The second-order valence-corrected chi connectivity index (χ2v) is 11.3. The quantitative estimate of drug-likeness (QED) is 0.0432. The van der Waals surface area contributed by atoms with Gasteiger partial charge in [0.25, 0.3) is 0 Å². The highest BCUT2D eigenvalue weighted by atomic mass is 16.5. The molecule has 0 fully saturated rings. The Kier molecular flexibility index (Phi) is 32.1. The van der Waals surface area contributed by atoms with Gasteiger partial charge >= 0.3 is 23.9 Å². The summed E-state index contributed by atoms with van der Waals surface area (Å²) in [5.41, 5.74) is 4.36. The molecule has 0 aromatic heterocycles. The summed E-state index contributed by atoms with van der Waals surface area (Å²) < 4.78 is 20.1. The van der Waals surface area contributed by atoms with Crippen molar-refractivity contribution in [2.24, 2.45) is 0 Å². The van der Waals surface area contributed by atoms with Crippen LogP contribution in [0.25, 0.3) is 0 Å². The van der Waals surface area contributed by atoms with E-state index >= 15 is 0 Å². The predicted octanol–water partition coefficient (Wildman–Crippen LogP) is 11.2. The lowest BCUT2D eigenvalue weighted by Gasteiger charge is -2.03. The van der Waals surface area contributed by atoms with Gasteiger partial charge < -0.3 is 18.9 Å². The zero-order valence-electron chi connectivity index (χ0n) is 31.2. The fraction of sp³-hybridized carbons (Fsp3) is 0.600. The van der Waals surface area contributed by atoms with Crippen LogP contribution < -0.4 is 0 Å². The first kappa shape index (κ1) is 46.4. The van der Waals surface area contributed by atoms with Gasteiger partial charge in [-0.25, -0.2) is 19.2 Å². The van der Waals surface area contributed by atoms with Gasteiger partial charge in [0, 0.05) is 24.3 Å². The van der Waals surface area contributed by atoms with Crippen LogP contribution in [0, 0.1) is 0 Å². The SMILES string of the molecule is CCCCC(=COC(=O)C=CC(=O)OC=C(CC)CCCC)CC.CCCCC(=COC(=O)C=CC(=O)OC=C(CC)CCCC)CC. The number of carbonyl (C=O) groups excluding carboxylic acids is 4. The molecule has 0 amide bonds. The van der Waals surface area contributed by atoms with Crippen molar-refractivity contribution < 1.29 is 38.1 Å². The van der Waals surface area contributed by atoms with Crippen molar-refractivity contribution in [3.8, 4) is 0 Å². The molecule has 0 aliphatic heterocycles. The van der Waals surface area contributed by atoms with Crippen LogP contribution in [-0.4, -0.2) is 23.9 Å². The van der Waals surface area contributed by atoms with Crippen molar-refractivity contribution in [3.05, 3.63) is 71.6 Å². The third kappa shape index (κ3) is 28.5. The molecular weight excluding hydrogens is 608 g/mol. The van der Waals surface area contributed by atoms with E-state index in [9.17, 15) is 19.2 Å². The van der Waals surface area contributed by atoms with Crippen LogP contribution >= 0.6 is 0 Å². The highest BCUT2D eigenvalue weighted by Crippen LogP contribution is 2.14. The molecule has 0 saturated carbocycles. The monoisotopic (exact) mass is 672 g/mol. The summed E-state index contributed by atoms with van der Waals surface area (Å²) in [6.45, 7) is 16.6. The second kappa shape index (κ2) is 33.2. The Balaban J connectivity index is 0. The fourth-order valence-corrected chi connectivity index (χ4v) is 3.89. The summed E-state index contributed by atoms with van der Waals surface area (Å²) in [5.74, 6) is -2.28. The molecule has 48 heavy (non-hydrogen) atoms. The average Bonchev–Trinajstić information content (AvgIpc) is 3.10. The van der Waals surface area contributed by atoms with Crippen molar-refractivity contribution in [2.75, 3.05) is 0 Å². The first-order chi connectivity index (χ1) is 23.1. The Hall–Kier alpha value is -3.68. The van der Waals surface area contributed by atoms with Gasteiger partial charge in [0.2, 0.25) is 0 Å². The lowest BCUT2D eigenvalue weighted by molar-refractivity contribution is -0.135. The minimum absolute atomic E-state index is 0.569. The molecule has 272 valence electrons. The van der Waals surface area contributed by atoms with Gasteiger partial charge in [0.15, 0.2) is 0 Å². The molecule has 0 bridgehead atoms. The molecule has 0 atom stereocenters. The molecule has 0 aromatic carbocycles. The smallest absolute Gasteiger partial charge is 0.335 e. The van der Waals surface area contributed by atoms with E-state index < -0.39 is 23.9 Å². The third-order valence-electron chi connectivity index (χ3n) is 7.30. The van der Waals surface area contributed by atoms with E-state index in [1.165, 1.54) is 25.0 Å². The lowest BCUT2D eigenvalue weighted by atomic mass is 10.1. The number of esters is 4. The summed E-state index contributed by atoms with van der Waals surface area (Å²) in [6, 6.07) is 0. The van der Waals surface area contributed by atoms with Crippen LogP contribution in [0.1, 0.15) is 158 Å². The summed E-state index contributed by atoms with van der Waals surface area (Å²) in [6.07, 6.45) is 26.1. The maximum absolute atomic E-state index is 11.6. The van der Waals surface area contributed by atoms with Crippen molar-refractivity contribution >= 4 is 23.9 Å². The maximum Gasteiger partial charge on any atom is 0.335 e. The fourth-order valence-electron chi connectivity index (χ4n) is 3.89. The molecule has 0 aromatic rings. The number of unbranched alkanes of at least 4 members (excludes halogenated alkanes) is 4. The lowest BCUT2D eigenvalue weighted by Crippen LogP contribution is -2.00. The highest BCUT2D eigenvalue weighted by Gasteiger charge is 2.04. The van der Waals surface area contributed by atoms with Gasteiger partial charge in [-0.05, 0) is 99.3 Å². The number of hydrogen-bond acceptors (Lipinski definition) is 8. The Bertz CT molecular complexity index is 919. The topological polar surface area (TPSA) is 105 Å². The van der Waals surface area contributed by atoms with Crippen molar-refractivity contribution in [1.29, 1.82) is 0 Å². The van der Waals surface area contributed by atoms with Gasteiger partial charge in [0.1, 0.15) is 0 Å². The van der Waals surface area contributed by atoms with Gasteiger partial charge in [-0.1, -0.05) is 81.1 Å². The summed E-state index contributed by atoms with van der Waals surface area (Å²) in [4.78, 5) is 46.4. The molecule has 8 nitrogen and oxygen atoms in total. The first-order valence-electron chi connectivity index (χ1n) is 18.0. The Morgan fingerprint density at radius 1 is 0.354 bits per heavy atom. The first-order valence-corrected chi connectivity index (χ1v) is 18.0. The van der Waals surface area contributed by atoms with Crippen LogP contribution in [-0.2, 0) is 38.1 Å². The average molecular weight is 673 g/mol. The normalized spacial score (nSPS) is 12.5. The molecule has 0 spiro atoms. The number of allylic oxidation sites excluding steroid dienone is 4. The van der Waals surface area contributed by atoms with Crippen molar-refractivity contribution in [1.82, 2.24) is 0 Å². The van der Waals surface area contributed by atoms with E-state index in [0.29, 0.717) is 0 Å². The van der Waals surface area contributed by atoms with Crippen LogP contribution in [0.3, 0.4) is 0 Å². The largest absolute Gasteiger partial charge is 0.431 e. The van der Waals surface area contributed by atoms with Gasteiger partial charge in [-0.2, -0.15) is 0 Å². The van der Waals surface area contributed by atoms with E-state index in [2.05, 4.69) is 27.7 Å². The zero-order valence-corrected chi connectivity index (χ0v) is 31.2. The molecule has 0 rings (SSSR count). The molecular formula is C40H64O8. The van der Waals surface area contributed by atoms with E-state index in [1.54, 1.807) is 0 Å². The molecule has 0 radical (unpaired) electrons. The molecule has 0 aliphatic rings. The Morgan fingerprint density at radius 2 is 0.542 bits per heavy atom. The van der Waals surface area contributed by atoms with Gasteiger partial charge in [-0.3, -0.25) is 0 Å². The third-order valence-corrected chi connectivity index (χ3v) is 7.30. The summed E-state index contributed by atoms with van der Waals surface area (Å²) >= 11 is 0. The predicted molar refractivity (Wildman–Crippen MR) is 194 cm³/mol. The van der Waals surface area contributed by atoms with Gasteiger partial charge in [0.05, 0.1) is 25.0 Å². The second-order valence-electron chi connectivity index (χ2n) is 11.3. The molecule has 0 unspecified atom stereocenters. The number of ether oxygens (including phenoxy) is 4. The highest BCUT2D eigenvalue weighted by molar-refractivity contribution is 5.92. The van der Waals surface area contributed by atoms with Crippen LogP contribution in [0.2, 0.25) is 0 Å². The van der Waals surface area contributed by atoms with E-state index in [-0.39, 0.29) is 0 Å². The minimum Gasteiger partial charge on any atom is -0.431 e. The summed E-state index contributed by atoms with van der Waals surface area (Å²) in [5, 5.41) is 0. The van der Waals surface area contributed by atoms with E-state index in [1.807, 2.05) is 27.7 Å². The van der Waals surface area contributed by atoms with Crippen LogP contribution in [0.15, 0.2) is 71.6 Å². The van der Waals surface area contributed by atoms with Crippen molar-refractivity contribution in [2.45, 2.75) is 158 Å². The standard InChI is InChI=1S/2C20H32O4/c2*1-5-9-11-17(7-3)15-23-19(21)13-14-20(22)24-16-18(8-4)12-10-6-2/h2*13-16H,5-12H2,1-4H3. The number of hydrogen-bond donors (Lipinski definition) is 0. The Morgan fingerprint density at radius 3 is 0.688 bits per heavy atom. The van der Waals surface area contributed by atoms with Crippen LogP contribution in [0.5, 0.6) is 0 Å². The van der Waals surface area contributed by atoms with Gasteiger partial charge in [-0.15, -0.1) is 0 Å². The molecule has 8 heteroatoms. The maximum atomic E-state index is 11.6. The van der Waals surface area contributed by atoms with E-state index in [4.69, 9.17) is 18.9 Å². The molecule has 0 heterocycles. The number of carbonyl (C=O) groups is 4. The molecule has 0 aliphatic carbocycles. The zero-order chi connectivity index (χ0) is 36.4.